The number of rotatable bonds is 1. The molecular formula is C11H9ClO3. The highest BCUT2D eigenvalue weighted by atomic mass is 35.5. The minimum absolute atomic E-state index is 0.0687. The van der Waals surface area contributed by atoms with Crippen molar-refractivity contribution < 1.29 is 9.15 Å². The molecule has 0 aliphatic heterocycles. The van der Waals surface area contributed by atoms with Crippen molar-refractivity contribution in [3.8, 4) is 5.75 Å². The maximum atomic E-state index is 11.7. The van der Waals surface area contributed by atoms with Crippen molar-refractivity contribution >= 4 is 22.6 Å². The highest BCUT2D eigenvalue weighted by molar-refractivity contribution is 6.32. The van der Waals surface area contributed by atoms with E-state index in [9.17, 15) is 4.79 Å². The molecule has 15 heavy (non-hydrogen) atoms. The number of hydrogen-bond acceptors (Lipinski definition) is 3. The Balaban J connectivity index is 2.88. The van der Waals surface area contributed by atoms with E-state index in [1.54, 1.807) is 19.1 Å². The molecular weight excluding hydrogens is 216 g/mol. The Hall–Kier alpha value is -1.48. The molecule has 0 atom stereocenters. The topological polar surface area (TPSA) is 39.4 Å². The first kappa shape index (κ1) is 10.1. The van der Waals surface area contributed by atoms with Gasteiger partial charge in [0.2, 0.25) is 0 Å². The fourth-order valence-corrected chi connectivity index (χ4v) is 1.62. The maximum absolute atomic E-state index is 11.7. The molecule has 0 saturated heterocycles. The molecule has 0 fully saturated rings. The summed E-state index contributed by atoms with van der Waals surface area (Å²) in [5, 5.41) is 0.878. The van der Waals surface area contributed by atoms with Gasteiger partial charge >= 0.3 is 0 Å². The summed E-state index contributed by atoms with van der Waals surface area (Å²) in [5.41, 5.74) is 0.969. The molecule has 0 radical (unpaired) electrons. The van der Waals surface area contributed by atoms with Crippen LogP contribution in [0.15, 0.2) is 27.6 Å². The standard InChI is InChI=1S/C11H9ClO3/c1-6-5-15-9-4-10(14-2)8(12)3-7(9)11(6)13/h3-5H,1-2H3. The van der Waals surface area contributed by atoms with E-state index in [0.29, 0.717) is 27.3 Å². The van der Waals surface area contributed by atoms with Crippen molar-refractivity contribution in [1.29, 1.82) is 0 Å². The van der Waals surface area contributed by atoms with E-state index in [4.69, 9.17) is 20.8 Å². The number of aryl methyl sites for hydroxylation is 1. The van der Waals surface area contributed by atoms with Gasteiger partial charge in [0.25, 0.3) is 0 Å². The predicted octanol–water partition coefficient (Wildman–Crippen LogP) is 2.76. The summed E-state index contributed by atoms with van der Waals surface area (Å²) >= 11 is 5.92. The smallest absolute Gasteiger partial charge is 0.195 e. The first-order chi connectivity index (χ1) is 7.13. The lowest BCUT2D eigenvalue weighted by Gasteiger charge is -2.04. The fourth-order valence-electron chi connectivity index (χ4n) is 1.38. The van der Waals surface area contributed by atoms with Gasteiger partial charge in [0.1, 0.15) is 11.3 Å². The van der Waals surface area contributed by atoms with Crippen LogP contribution in [0.5, 0.6) is 5.75 Å². The normalized spacial score (nSPS) is 10.6. The summed E-state index contributed by atoms with van der Waals surface area (Å²) in [7, 11) is 1.51. The van der Waals surface area contributed by atoms with Gasteiger partial charge in [-0.3, -0.25) is 4.79 Å². The van der Waals surface area contributed by atoms with Crippen LogP contribution in [0.1, 0.15) is 5.56 Å². The zero-order valence-electron chi connectivity index (χ0n) is 8.33. The van der Waals surface area contributed by atoms with Crippen LogP contribution in [-0.4, -0.2) is 7.11 Å². The minimum atomic E-state index is -0.0687. The second-order valence-corrected chi connectivity index (χ2v) is 3.64. The van der Waals surface area contributed by atoms with E-state index in [2.05, 4.69) is 0 Å². The zero-order valence-corrected chi connectivity index (χ0v) is 9.09. The number of ether oxygens (including phenoxy) is 1. The van der Waals surface area contributed by atoms with Crippen LogP contribution in [-0.2, 0) is 0 Å². The molecule has 0 unspecified atom stereocenters. The largest absolute Gasteiger partial charge is 0.495 e. The van der Waals surface area contributed by atoms with E-state index in [1.165, 1.54) is 13.4 Å². The van der Waals surface area contributed by atoms with Gasteiger partial charge < -0.3 is 9.15 Å². The maximum Gasteiger partial charge on any atom is 0.195 e. The minimum Gasteiger partial charge on any atom is -0.495 e. The van der Waals surface area contributed by atoms with Gasteiger partial charge in [-0.05, 0) is 13.0 Å². The van der Waals surface area contributed by atoms with Gasteiger partial charge in [-0.25, -0.2) is 0 Å². The van der Waals surface area contributed by atoms with Gasteiger partial charge in [-0.15, -0.1) is 0 Å². The molecule has 0 saturated carbocycles. The van der Waals surface area contributed by atoms with Crippen LogP contribution in [0.25, 0.3) is 11.0 Å². The third-order valence-corrected chi connectivity index (χ3v) is 2.51. The molecule has 2 aromatic rings. The molecule has 3 nitrogen and oxygen atoms in total. The van der Waals surface area contributed by atoms with Crippen molar-refractivity contribution in [1.82, 2.24) is 0 Å². The SMILES string of the molecule is COc1cc2occ(C)c(=O)c2cc1Cl. The van der Waals surface area contributed by atoms with E-state index in [-0.39, 0.29) is 5.43 Å². The van der Waals surface area contributed by atoms with Crippen LogP contribution < -0.4 is 10.2 Å². The summed E-state index contributed by atoms with van der Waals surface area (Å²) < 4.78 is 10.3. The Morgan fingerprint density at radius 2 is 2.13 bits per heavy atom. The summed E-state index contributed by atoms with van der Waals surface area (Å²) in [6.45, 7) is 1.70. The van der Waals surface area contributed by atoms with Crippen LogP contribution >= 0.6 is 11.6 Å². The first-order valence-electron chi connectivity index (χ1n) is 4.39. The monoisotopic (exact) mass is 224 g/mol. The lowest BCUT2D eigenvalue weighted by molar-refractivity contribution is 0.414. The summed E-state index contributed by atoms with van der Waals surface area (Å²) in [6.07, 6.45) is 1.43. The Labute approximate surface area is 91.2 Å². The number of hydrogen-bond donors (Lipinski definition) is 0. The fraction of sp³-hybridized carbons (Fsp3) is 0.182. The first-order valence-corrected chi connectivity index (χ1v) is 4.77. The lowest BCUT2D eigenvalue weighted by atomic mass is 10.2. The number of fused-ring (bicyclic) bond motifs is 1. The molecule has 0 spiro atoms. The van der Waals surface area contributed by atoms with Crippen LogP contribution in [0.4, 0.5) is 0 Å². The Bertz CT molecular complexity index is 572. The zero-order chi connectivity index (χ0) is 11.0. The van der Waals surface area contributed by atoms with Gasteiger partial charge in [-0.1, -0.05) is 11.6 Å². The molecule has 0 aliphatic carbocycles. The summed E-state index contributed by atoms with van der Waals surface area (Å²) in [4.78, 5) is 11.7. The second kappa shape index (κ2) is 3.59. The number of halogens is 1. The highest BCUT2D eigenvalue weighted by Crippen LogP contribution is 2.28. The molecule has 0 aliphatic rings. The molecule has 0 amide bonds. The molecule has 1 heterocycles. The third-order valence-electron chi connectivity index (χ3n) is 2.22. The molecule has 2 rings (SSSR count). The summed E-state index contributed by atoms with van der Waals surface area (Å²) in [6, 6.07) is 3.17. The Morgan fingerprint density at radius 1 is 1.40 bits per heavy atom. The van der Waals surface area contributed by atoms with Crippen molar-refractivity contribution in [2.75, 3.05) is 7.11 Å². The molecule has 0 N–H and O–H groups in total. The highest BCUT2D eigenvalue weighted by Gasteiger charge is 2.08. The van der Waals surface area contributed by atoms with Crippen molar-refractivity contribution in [3.05, 3.63) is 39.2 Å². The Kier molecular flexibility index (Phi) is 2.40. The van der Waals surface area contributed by atoms with Crippen LogP contribution in [0, 0.1) is 6.92 Å². The van der Waals surface area contributed by atoms with Crippen molar-refractivity contribution in [3.63, 3.8) is 0 Å². The van der Waals surface area contributed by atoms with Gasteiger partial charge in [0.05, 0.1) is 23.8 Å². The number of benzene rings is 1. The van der Waals surface area contributed by atoms with Crippen LogP contribution in [0.3, 0.4) is 0 Å². The predicted molar refractivity (Wildman–Crippen MR) is 58.8 cm³/mol. The summed E-state index contributed by atoms with van der Waals surface area (Å²) in [5.74, 6) is 0.496. The van der Waals surface area contributed by atoms with Crippen LogP contribution in [0.2, 0.25) is 5.02 Å². The number of methoxy groups -OCH3 is 1. The van der Waals surface area contributed by atoms with E-state index in [0.717, 1.165) is 0 Å². The average Bonchev–Trinajstić information content (AvgIpc) is 2.24. The molecule has 1 aromatic carbocycles. The molecule has 1 aromatic heterocycles. The van der Waals surface area contributed by atoms with Gasteiger partial charge in [0, 0.05) is 11.6 Å². The quantitative estimate of drug-likeness (QED) is 0.748. The van der Waals surface area contributed by atoms with E-state index >= 15 is 0 Å². The van der Waals surface area contributed by atoms with Gasteiger partial charge in [0.15, 0.2) is 5.43 Å². The second-order valence-electron chi connectivity index (χ2n) is 3.23. The molecule has 78 valence electrons. The van der Waals surface area contributed by atoms with E-state index < -0.39 is 0 Å². The van der Waals surface area contributed by atoms with Crippen molar-refractivity contribution in [2.24, 2.45) is 0 Å². The average molecular weight is 225 g/mol. The van der Waals surface area contributed by atoms with Gasteiger partial charge in [-0.2, -0.15) is 0 Å². The Morgan fingerprint density at radius 3 is 2.80 bits per heavy atom. The third kappa shape index (κ3) is 1.59. The lowest BCUT2D eigenvalue weighted by Crippen LogP contribution is -2.04. The molecule has 0 bridgehead atoms. The van der Waals surface area contributed by atoms with Crippen molar-refractivity contribution in [2.45, 2.75) is 6.92 Å². The molecule has 4 heteroatoms. The van der Waals surface area contributed by atoms with E-state index in [1.807, 2.05) is 0 Å².